The predicted molar refractivity (Wildman–Crippen MR) is 76.4 cm³/mol. The second-order valence-corrected chi connectivity index (χ2v) is 7.46. The Balaban J connectivity index is 2.69. The molecule has 17 heavy (non-hydrogen) atoms. The van der Waals surface area contributed by atoms with Crippen molar-refractivity contribution in [2.24, 2.45) is 0 Å². The van der Waals surface area contributed by atoms with E-state index in [2.05, 4.69) is 22.0 Å². The van der Waals surface area contributed by atoms with Crippen molar-refractivity contribution < 1.29 is 8.42 Å². The average Bonchev–Trinajstić information content (AvgIpc) is 2.14. The van der Waals surface area contributed by atoms with Gasteiger partial charge < -0.3 is 0 Å². The third kappa shape index (κ3) is 5.68. The quantitative estimate of drug-likeness (QED) is 0.595. The van der Waals surface area contributed by atoms with E-state index >= 15 is 0 Å². The first kappa shape index (κ1) is 14.7. The van der Waals surface area contributed by atoms with Crippen LogP contribution in [-0.4, -0.2) is 19.5 Å². The SMILES string of the molecule is Cc1cc(C)cc(CS(=O)(=O)CCCCBr)c1. The minimum absolute atomic E-state index is 0.164. The third-order valence-electron chi connectivity index (χ3n) is 2.51. The molecule has 0 heterocycles. The second kappa shape index (κ2) is 6.55. The Hall–Kier alpha value is -0.350. The van der Waals surface area contributed by atoms with E-state index in [4.69, 9.17) is 0 Å². The Labute approximate surface area is 112 Å². The summed E-state index contributed by atoms with van der Waals surface area (Å²) < 4.78 is 23.8. The molecule has 0 aromatic heterocycles. The van der Waals surface area contributed by atoms with Gasteiger partial charge in [0.25, 0.3) is 0 Å². The molecule has 0 spiro atoms. The fraction of sp³-hybridized carbons (Fsp3) is 0.538. The van der Waals surface area contributed by atoms with Crippen LogP contribution in [0, 0.1) is 13.8 Å². The fourth-order valence-electron chi connectivity index (χ4n) is 1.89. The van der Waals surface area contributed by atoms with Crippen LogP contribution in [0.5, 0.6) is 0 Å². The van der Waals surface area contributed by atoms with Crippen molar-refractivity contribution in [3.05, 3.63) is 34.9 Å². The maximum atomic E-state index is 11.9. The van der Waals surface area contributed by atoms with Crippen molar-refractivity contribution in [3.63, 3.8) is 0 Å². The van der Waals surface area contributed by atoms with Crippen LogP contribution in [0.3, 0.4) is 0 Å². The Bertz CT molecular complexity index is 446. The van der Waals surface area contributed by atoms with E-state index < -0.39 is 9.84 Å². The van der Waals surface area contributed by atoms with Crippen LogP contribution < -0.4 is 0 Å². The lowest BCUT2D eigenvalue weighted by atomic mass is 10.1. The summed E-state index contributed by atoms with van der Waals surface area (Å²) >= 11 is 3.31. The molecule has 96 valence electrons. The third-order valence-corrected chi connectivity index (χ3v) is 4.75. The topological polar surface area (TPSA) is 34.1 Å². The monoisotopic (exact) mass is 318 g/mol. The van der Waals surface area contributed by atoms with Crippen molar-refractivity contribution in [2.45, 2.75) is 32.4 Å². The minimum atomic E-state index is -2.96. The number of rotatable bonds is 6. The summed E-state index contributed by atoms with van der Waals surface area (Å²) in [5.41, 5.74) is 3.15. The Morgan fingerprint density at radius 2 is 1.65 bits per heavy atom. The van der Waals surface area contributed by atoms with Crippen molar-refractivity contribution in [1.82, 2.24) is 0 Å². The number of hydrogen-bond donors (Lipinski definition) is 0. The molecule has 0 saturated carbocycles. The van der Waals surface area contributed by atoms with Crippen molar-refractivity contribution in [2.75, 3.05) is 11.1 Å². The smallest absolute Gasteiger partial charge is 0.154 e. The fourth-order valence-corrected chi connectivity index (χ4v) is 3.75. The lowest BCUT2D eigenvalue weighted by Crippen LogP contribution is -2.09. The van der Waals surface area contributed by atoms with Gasteiger partial charge in [-0.3, -0.25) is 0 Å². The van der Waals surface area contributed by atoms with Crippen molar-refractivity contribution in [3.8, 4) is 0 Å². The van der Waals surface area contributed by atoms with Gasteiger partial charge in [0.2, 0.25) is 0 Å². The lowest BCUT2D eigenvalue weighted by molar-refractivity contribution is 0.592. The zero-order chi connectivity index (χ0) is 12.9. The second-order valence-electron chi connectivity index (χ2n) is 4.48. The van der Waals surface area contributed by atoms with Crippen LogP contribution in [0.25, 0.3) is 0 Å². The van der Waals surface area contributed by atoms with Gasteiger partial charge in [-0.25, -0.2) is 8.42 Å². The van der Waals surface area contributed by atoms with Crippen LogP contribution in [0.2, 0.25) is 0 Å². The first-order valence-corrected chi connectivity index (χ1v) is 8.71. The molecule has 0 bridgehead atoms. The first-order chi connectivity index (χ1) is 7.93. The molecule has 1 aromatic carbocycles. The van der Waals surface area contributed by atoms with E-state index in [1.807, 2.05) is 26.0 Å². The van der Waals surface area contributed by atoms with E-state index in [9.17, 15) is 8.42 Å². The molecule has 1 rings (SSSR count). The van der Waals surface area contributed by atoms with Gasteiger partial charge in [-0.05, 0) is 32.3 Å². The predicted octanol–water partition coefficient (Wildman–Crippen LogP) is 3.39. The summed E-state index contributed by atoms with van der Waals surface area (Å²) in [5.74, 6) is 0.448. The molecule has 0 aliphatic heterocycles. The van der Waals surface area contributed by atoms with Gasteiger partial charge >= 0.3 is 0 Å². The van der Waals surface area contributed by atoms with Crippen LogP contribution >= 0.6 is 15.9 Å². The minimum Gasteiger partial charge on any atom is -0.228 e. The van der Waals surface area contributed by atoms with Gasteiger partial charge in [0.15, 0.2) is 9.84 Å². The largest absolute Gasteiger partial charge is 0.228 e. The van der Waals surface area contributed by atoms with Crippen LogP contribution in [0.4, 0.5) is 0 Å². The number of hydrogen-bond acceptors (Lipinski definition) is 2. The van der Waals surface area contributed by atoms with Gasteiger partial charge in [0.1, 0.15) is 0 Å². The molecule has 0 amide bonds. The Morgan fingerprint density at radius 3 is 2.18 bits per heavy atom. The van der Waals surface area contributed by atoms with Gasteiger partial charge in [0, 0.05) is 5.33 Å². The molecule has 0 aliphatic carbocycles. The Morgan fingerprint density at radius 1 is 1.06 bits per heavy atom. The van der Waals surface area contributed by atoms with E-state index in [1.54, 1.807) is 0 Å². The van der Waals surface area contributed by atoms with Gasteiger partial charge in [-0.2, -0.15) is 0 Å². The maximum absolute atomic E-state index is 11.9. The highest BCUT2D eigenvalue weighted by Gasteiger charge is 2.11. The molecule has 0 atom stereocenters. The van der Waals surface area contributed by atoms with Crippen molar-refractivity contribution >= 4 is 25.8 Å². The highest BCUT2D eigenvalue weighted by Crippen LogP contribution is 2.13. The highest BCUT2D eigenvalue weighted by atomic mass is 79.9. The van der Waals surface area contributed by atoms with Crippen LogP contribution in [-0.2, 0) is 15.6 Å². The van der Waals surface area contributed by atoms with E-state index in [0.29, 0.717) is 0 Å². The molecule has 0 N–H and O–H groups in total. The zero-order valence-electron chi connectivity index (χ0n) is 10.4. The number of halogens is 1. The Kier molecular flexibility index (Phi) is 5.67. The first-order valence-electron chi connectivity index (χ1n) is 5.76. The lowest BCUT2D eigenvalue weighted by Gasteiger charge is -2.06. The highest BCUT2D eigenvalue weighted by molar-refractivity contribution is 9.09. The normalized spacial score (nSPS) is 11.7. The molecule has 1 aromatic rings. The average molecular weight is 319 g/mol. The van der Waals surface area contributed by atoms with Crippen molar-refractivity contribution in [1.29, 1.82) is 0 Å². The summed E-state index contributed by atoms with van der Waals surface area (Å²) in [6.45, 7) is 3.99. The molecule has 4 heteroatoms. The molecule has 0 radical (unpaired) electrons. The maximum Gasteiger partial charge on any atom is 0.154 e. The van der Waals surface area contributed by atoms with Gasteiger partial charge in [0.05, 0.1) is 11.5 Å². The van der Waals surface area contributed by atoms with E-state index in [0.717, 1.165) is 34.9 Å². The van der Waals surface area contributed by atoms with E-state index in [-0.39, 0.29) is 11.5 Å². The summed E-state index contributed by atoms with van der Waals surface area (Å²) in [7, 11) is -2.96. The summed E-state index contributed by atoms with van der Waals surface area (Å²) in [4.78, 5) is 0. The molecule has 0 unspecified atom stereocenters. The molecular weight excluding hydrogens is 300 g/mol. The van der Waals surface area contributed by atoms with Crippen LogP contribution in [0.1, 0.15) is 29.5 Å². The standard InChI is InChI=1S/C13H19BrO2S/c1-11-7-12(2)9-13(8-11)10-17(15,16)6-4-3-5-14/h7-9H,3-6,10H2,1-2H3. The number of unbranched alkanes of at least 4 members (excludes halogenated alkanes) is 1. The molecule has 0 aliphatic rings. The number of aryl methyl sites for hydroxylation is 2. The number of alkyl halides is 1. The molecular formula is C13H19BrO2S. The van der Waals surface area contributed by atoms with Crippen LogP contribution in [0.15, 0.2) is 18.2 Å². The molecule has 0 fully saturated rings. The van der Waals surface area contributed by atoms with Gasteiger partial charge in [-0.15, -0.1) is 0 Å². The number of sulfone groups is 1. The number of benzene rings is 1. The van der Waals surface area contributed by atoms with E-state index in [1.165, 1.54) is 0 Å². The molecule has 2 nitrogen and oxygen atoms in total. The zero-order valence-corrected chi connectivity index (χ0v) is 12.8. The molecule has 0 saturated heterocycles. The summed E-state index contributed by atoms with van der Waals surface area (Å²) in [6, 6.07) is 5.96. The summed E-state index contributed by atoms with van der Waals surface area (Å²) in [5, 5.41) is 0.867. The van der Waals surface area contributed by atoms with Gasteiger partial charge in [-0.1, -0.05) is 45.3 Å². The summed E-state index contributed by atoms with van der Waals surface area (Å²) in [6.07, 6.45) is 1.64.